The molecule has 0 bridgehead atoms. The standard InChI is InChI=1S/C5H7BrF2O2/c1-2-3(6)5(7,8)4(9)10/h3H,2H2,1H3,(H,9,10). The normalized spacial score (nSPS) is 14.8. The molecule has 0 aliphatic rings. The fourth-order valence-corrected chi connectivity index (χ4v) is 0.586. The van der Waals surface area contributed by atoms with Gasteiger partial charge in [-0.2, -0.15) is 8.78 Å². The minimum Gasteiger partial charge on any atom is -0.477 e. The lowest BCUT2D eigenvalue weighted by Gasteiger charge is -2.15. The fraction of sp³-hybridized carbons (Fsp3) is 0.800. The highest BCUT2D eigenvalue weighted by Crippen LogP contribution is 2.27. The third-order valence-corrected chi connectivity index (χ3v) is 2.26. The third kappa shape index (κ3) is 1.90. The molecule has 0 aromatic carbocycles. The van der Waals surface area contributed by atoms with Gasteiger partial charge in [0.1, 0.15) is 0 Å². The van der Waals surface area contributed by atoms with Crippen molar-refractivity contribution in [1.29, 1.82) is 0 Å². The van der Waals surface area contributed by atoms with Crippen molar-refractivity contribution in [2.75, 3.05) is 0 Å². The summed E-state index contributed by atoms with van der Waals surface area (Å²) < 4.78 is 24.6. The molecular weight excluding hydrogens is 210 g/mol. The Balaban J connectivity index is 4.23. The molecule has 1 atom stereocenters. The van der Waals surface area contributed by atoms with E-state index >= 15 is 0 Å². The molecule has 2 nitrogen and oxygen atoms in total. The maximum Gasteiger partial charge on any atom is 0.375 e. The molecule has 60 valence electrons. The van der Waals surface area contributed by atoms with Crippen molar-refractivity contribution >= 4 is 21.9 Å². The molecule has 0 rings (SSSR count). The zero-order valence-corrected chi connectivity index (χ0v) is 6.86. The van der Waals surface area contributed by atoms with Crippen LogP contribution >= 0.6 is 15.9 Å². The molecule has 0 aliphatic heterocycles. The van der Waals surface area contributed by atoms with Crippen LogP contribution in [-0.2, 0) is 4.79 Å². The van der Waals surface area contributed by atoms with Crippen molar-refractivity contribution in [2.45, 2.75) is 24.1 Å². The number of alkyl halides is 3. The number of carbonyl (C=O) groups is 1. The van der Waals surface area contributed by atoms with E-state index in [1.54, 1.807) is 0 Å². The Bertz CT molecular complexity index is 138. The van der Waals surface area contributed by atoms with Crippen LogP contribution < -0.4 is 0 Å². The van der Waals surface area contributed by atoms with Gasteiger partial charge in [0.25, 0.3) is 0 Å². The van der Waals surface area contributed by atoms with Crippen LogP contribution in [-0.4, -0.2) is 21.8 Å². The molecule has 10 heavy (non-hydrogen) atoms. The van der Waals surface area contributed by atoms with Crippen molar-refractivity contribution in [3.8, 4) is 0 Å². The summed E-state index contributed by atoms with van der Waals surface area (Å²) in [5.41, 5.74) is 0. The molecule has 0 aromatic heterocycles. The van der Waals surface area contributed by atoms with Crippen LogP contribution in [0.5, 0.6) is 0 Å². The van der Waals surface area contributed by atoms with Gasteiger partial charge in [0.2, 0.25) is 0 Å². The zero-order chi connectivity index (χ0) is 8.36. The Morgan fingerprint density at radius 2 is 2.20 bits per heavy atom. The van der Waals surface area contributed by atoms with E-state index in [4.69, 9.17) is 5.11 Å². The number of halogens is 3. The van der Waals surface area contributed by atoms with Crippen LogP contribution in [0.4, 0.5) is 8.78 Å². The van der Waals surface area contributed by atoms with Gasteiger partial charge >= 0.3 is 11.9 Å². The summed E-state index contributed by atoms with van der Waals surface area (Å²) in [6.07, 6.45) is 0.0826. The van der Waals surface area contributed by atoms with Crippen LogP contribution in [0.1, 0.15) is 13.3 Å². The monoisotopic (exact) mass is 216 g/mol. The molecule has 5 heteroatoms. The van der Waals surface area contributed by atoms with Crippen molar-refractivity contribution < 1.29 is 18.7 Å². The summed E-state index contributed by atoms with van der Waals surface area (Å²) in [5, 5.41) is 7.96. The maximum atomic E-state index is 12.3. The summed E-state index contributed by atoms with van der Waals surface area (Å²) >= 11 is 2.57. The van der Waals surface area contributed by atoms with Crippen LogP contribution in [0.15, 0.2) is 0 Å². The van der Waals surface area contributed by atoms with Crippen LogP contribution in [0.2, 0.25) is 0 Å². The largest absolute Gasteiger partial charge is 0.477 e. The highest BCUT2D eigenvalue weighted by Gasteiger charge is 2.45. The van der Waals surface area contributed by atoms with Crippen molar-refractivity contribution in [2.24, 2.45) is 0 Å². The summed E-state index contributed by atoms with van der Waals surface area (Å²) in [4.78, 5) is 8.56. The predicted molar refractivity (Wildman–Crippen MR) is 35.6 cm³/mol. The first-order valence-corrected chi connectivity index (χ1v) is 3.59. The minimum atomic E-state index is -3.66. The van der Waals surface area contributed by atoms with E-state index in [-0.39, 0.29) is 6.42 Å². The van der Waals surface area contributed by atoms with Gasteiger partial charge in [-0.3, -0.25) is 0 Å². The number of carboxylic acid groups (broad SMARTS) is 1. The molecule has 0 radical (unpaired) electrons. The highest BCUT2D eigenvalue weighted by atomic mass is 79.9. The summed E-state index contributed by atoms with van der Waals surface area (Å²) in [6.45, 7) is 1.48. The second-order valence-corrected chi connectivity index (χ2v) is 2.91. The van der Waals surface area contributed by atoms with E-state index < -0.39 is 16.7 Å². The molecular formula is C5H7BrF2O2. The molecule has 0 heterocycles. The van der Waals surface area contributed by atoms with Crippen molar-refractivity contribution in [1.82, 2.24) is 0 Å². The molecule has 0 fully saturated rings. The first-order chi connectivity index (χ1) is 4.42. The van der Waals surface area contributed by atoms with E-state index in [0.29, 0.717) is 0 Å². The van der Waals surface area contributed by atoms with E-state index in [1.807, 2.05) is 0 Å². The lowest BCUT2D eigenvalue weighted by Crippen LogP contribution is -2.37. The van der Waals surface area contributed by atoms with Crippen molar-refractivity contribution in [3.05, 3.63) is 0 Å². The number of hydrogen-bond acceptors (Lipinski definition) is 1. The molecule has 0 saturated heterocycles. The first kappa shape index (κ1) is 9.81. The first-order valence-electron chi connectivity index (χ1n) is 2.68. The van der Waals surface area contributed by atoms with Gasteiger partial charge in [0, 0.05) is 0 Å². The number of aliphatic carboxylic acids is 1. The Morgan fingerprint density at radius 1 is 1.80 bits per heavy atom. The van der Waals surface area contributed by atoms with Gasteiger partial charge in [-0.15, -0.1) is 0 Å². The van der Waals surface area contributed by atoms with Gasteiger partial charge in [0.15, 0.2) is 0 Å². The molecule has 1 N–H and O–H groups in total. The fourth-order valence-electron chi connectivity index (χ4n) is 0.390. The average molecular weight is 217 g/mol. The molecule has 0 amide bonds. The van der Waals surface area contributed by atoms with E-state index in [1.165, 1.54) is 6.92 Å². The minimum absolute atomic E-state index is 0.0826. The summed E-state index contributed by atoms with van der Waals surface area (Å²) in [7, 11) is 0. The smallest absolute Gasteiger partial charge is 0.375 e. The summed E-state index contributed by atoms with van der Waals surface area (Å²) in [5.74, 6) is -5.74. The zero-order valence-electron chi connectivity index (χ0n) is 5.27. The van der Waals surface area contributed by atoms with E-state index in [9.17, 15) is 13.6 Å². The molecule has 0 spiro atoms. The second-order valence-electron chi connectivity index (χ2n) is 1.80. The predicted octanol–water partition coefficient (Wildman–Crippen LogP) is 1.88. The SMILES string of the molecule is CCC(Br)C(F)(F)C(=O)O. The van der Waals surface area contributed by atoms with Crippen LogP contribution in [0.3, 0.4) is 0 Å². The van der Waals surface area contributed by atoms with Gasteiger partial charge in [-0.25, -0.2) is 4.79 Å². The van der Waals surface area contributed by atoms with Gasteiger partial charge < -0.3 is 5.11 Å². The third-order valence-electron chi connectivity index (χ3n) is 1.04. The number of hydrogen-bond donors (Lipinski definition) is 1. The highest BCUT2D eigenvalue weighted by molar-refractivity contribution is 9.09. The van der Waals surface area contributed by atoms with E-state index in [2.05, 4.69) is 15.9 Å². The molecule has 0 aliphatic carbocycles. The summed E-state index contributed by atoms with van der Waals surface area (Å²) in [6, 6.07) is 0. The second kappa shape index (κ2) is 3.27. The molecule has 0 saturated carbocycles. The van der Waals surface area contributed by atoms with Crippen LogP contribution in [0.25, 0.3) is 0 Å². The lowest BCUT2D eigenvalue weighted by atomic mass is 10.2. The topological polar surface area (TPSA) is 37.3 Å². The molecule has 1 unspecified atom stereocenters. The van der Waals surface area contributed by atoms with E-state index in [0.717, 1.165) is 0 Å². The van der Waals surface area contributed by atoms with Gasteiger partial charge in [-0.05, 0) is 6.42 Å². The molecule has 0 aromatic rings. The average Bonchev–Trinajstić information content (AvgIpc) is 1.86. The number of carboxylic acids is 1. The number of rotatable bonds is 3. The van der Waals surface area contributed by atoms with Crippen molar-refractivity contribution in [3.63, 3.8) is 0 Å². The van der Waals surface area contributed by atoms with Gasteiger partial charge in [-0.1, -0.05) is 22.9 Å². The van der Waals surface area contributed by atoms with Crippen LogP contribution in [0, 0.1) is 0 Å². The quantitative estimate of drug-likeness (QED) is 0.732. The van der Waals surface area contributed by atoms with Gasteiger partial charge in [0.05, 0.1) is 4.83 Å². The Kier molecular flexibility index (Phi) is 3.21. The maximum absolute atomic E-state index is 12.3. The Morgan fingerprint density at radius 3 is 2.30 bits per heavy atom. The lowest BCUT2D eigenvalue weighted by molar-refractivity contribution is -0.164. The Hall–Kier alpha value is -0.190. The Labute approximate surface area is 65.4 Å².